The number of nitrogens with one attached hydrogen (secondary N) is 1. The molecular formula is C21H14ClN3O2. The van der Waals surface area contributed by atoms with E-state index in [1.54, 1.807) is 12.1 Å². The van der Waals surface area contributed by atoms with Crippen molar-refractivity contribution in [2.75, 3.05) is 0 Å². The summed E-state index contributed by atoms with van der Waals surface area (Å²) in [4.78, 5) is 18.6. The number of hydrogen-bond acceptors (Lipinski definition) is 3. The van der Waals surface area contributed by atoms with Crippen molar-refractivity contribution < 1.29 is 4.92 Å². The molecule has 4 rings (SSSR count). The molecule has 0 spiro atoms. The summed E-state index contributed by atoms with van der Waals surface area (Å²) in [5.41, 5.74) is 4.44. The Morgan fingerprint density at radius 3 is 2.07 bits per heavy atom. The molecule has 0 saturated carbocycles. The van der Waals surface area contributed by atoms with Gasteiger partial charge in [-0.25, -0.2) is 4.98 Å². The van der Waals surface area contributed by atoms with Gasteiger partial charge in [-0.3, -0.25) is 10.1 Å². The fraction of sp³-hybridized carbons (Fsp3) is 0. The van der Waals surface area contributed by atoms with Gasteiger partial charge in [0, 0.05) is 33.8 Å². The molecule has 6 heteroatoms. The molecule has 0 aliphatic carbocycles. The summed E-state index contributed by atoms with van der Waals surface area (Å²) in [6.07, 6.45) is 0. The van der Waals surface area contributed by atoms with Crippen molar-refractivity contribution in [2.45, 2.75) is 0 Å². The molecule has 27 heavy (non-hydrogen) atoms. The van der Waals surface area contributed by atoms with Gasteiger partial charge in [0.25, 0.3) is 5.69 Å². The number of H-pyrrole nitrogens is 1. The van der Waals surface area contributed by atoms with Crippen molar-refractivity contribution in [3.05, 3.63) is 94.0 Å². The standard InChI is InChI=1S/C21H14ClN3O2/c22-17-10-6-15(7-11-17)20-19(14-4-2-1-3-5-14)23-21(24-20)16-8-12-18(13-9-16)25(26)27/h1-13H,(H,23,24). The summed E-state index contributed by atoms with van der Waals surface area (Å²) in [5, 5.41) is 11.5. The van der Waals surface area contributed by atoms with Crippen LogP contribution in [0.3, 0.4) is 0 Å². The smallest absolute Gasteiger partial charge is 0.269 e. The second-order valence-electron chi connectivity index (χ2n) is 5.99. The SMILES string of the molecule is O=[N+]([O-])c1ccc(-c2nc(-c3ccccc3)c(-c3ccc(Cl)cc3)[nH]2)cc1. The summed E-state index contributed by atoms with van der Waals surface area (Å²) in [6.45, 7) is 0. The second kappa shape index (κ2) is 7.05. The number of aromatic nitrogens is 2. The van der Waals surface area contributed by atoms with Crippen LogP contribution < -0.4 is 0 Å². The maximum absolute atomic E-state index is 10.9. The zero-order chi connectivity index (χ0) is 18.8. The highest BCUT2D eigenvalue weighted by Crippen LogP contribution is 2.33. The quantitative estimate of drug-likeness (QED) is 0.352. The van der Waals surface area contributed by atoms with Gasteiger partial charge >= 0.3 is 0 Å². The van der Waals surface area contributed by atoms with E-state index in [1.165, 1.54) is 12.1 Å². The van der Waals surface area contributed by atoms with E-state index in [2.05, 4.69) is 4.98 Å². The largest absolute Gasteiger partial charge is 0.337 e. The molecule has 132 valence electrons. The van der Waals surface area contributed by atoms with E-state index < -0.39 is 4.92 Å². The Labute approximate surface area is 160 Å². The number of imidazole rings is 1. The lowest BCUT2D eigenvalue weighted by Gasteiger charge is -2.03. The minimum absolute atomic E-state index is 0.0477. The maximum Gasteiger partial charge on any atom is 0.269 e. The van der Waals surface area contributed by atoms with Crippen LogP contribution in [-0.2, 0) is 0 Å². The lowest BCUT2D eigenvalue weighted by Crippen LogP contribution is -1.87. The van der Waals surface area contributed by atoms with Crippen molar-refractivity contribution in [3.63, 3.8) is 0 Å². The van der Waals surface area contributed by atoms with E-state index in [0.29, 0.717) is 10.8 Å². The second-order valence-corrected chi connectivity index (χ2v) is 6.42. The molecule has 0 bridgehead atoms. The van der Waals surface area contributed by atoms with Crippen LogP contribution in [0.1, 0.15) is 0 Å². The van der Waals surface area contributed by atoms with E-state index in [0.717, 1.165) is 28.1 Å². The van der Waals surface area contributed by atoms with Gasteiger partial charge in [0.1, 0.15) is 5.82 Å². The highest BCUT2D eigenvalue weighted by atomic mass is 35.5. The number of nitro groups is 1. The summed E-state index contributed by atoms with van der Waals surface area (Å²) in [5.74, 6) is 0.647. The molecular weight excluding hydrogens is 362 g/mol. The fourth-order valence-electron chi connectivity index (χ4n) is 2.88. The summed E-state index contributed by atoms with van der Waals surface area (Å²) >= 11 is 6.02. The number of aromatic amines is 1. The van der Waals surface area contributed by atoms with Crippen molar-refractivity contribution in [2.24, 2.45) is 0 Å². The van der Waals surface area contributed by atoms with Crippen LogP contribution in [0.15, 0.2) is 78.9 Å². The molecule has 1 heterocycles. The van der Waals surface area contributed by atoms with E-state index in [9.17, 15) is 10.1 Å². The Morgan fingerprint density at radius 1 is 0.815 bits per heavy atom. The molecule has 5 nitrogen and oxygen atoms in total. The number of nitro benzene ring substituents is 1. The van der Waals surface area contributed by atoms with Crippen LogP contribution in [-0.4, -0.2) is 14.9 Å². The van der Waals surface area contributed by atoms with Crippen molar-refractivity contribution in [1.29, 1.82) is 0 Å². The number of benzene rings is 3. The zero-order valence-electron chi connectivity index (χ0n) is 14.1. The highest BCUT2D eigenvalue weighted by Gasteiger charge is 2.16. The first-order valence-electron chi connectivity index (χ1n) is 8.28. The predicted molar refractivity (Wildman–Crippen MR) is 107 cm³/mol. The summed E-state index contributed by atoms with van der Waals surface area (Å²) in [6, 6.07) is 23.7. The number of nitrogens with zero attached hydrogens (tertiary/aromatic N) is 2. The Morgan fingerprint density at radius 2 is 1.44 bits per heavy atom. The Kier molecular flexibility index (Phi) is 4.44. The van der Waals surface area contributed by atoms with E-state index in [-0.39, 0.29) is 5.69 Å². The van der Waals surface area contributed by atoms with Crippen molar-refractivity contribution >= 4 is 17.3 Å². The topological polar surface area (TPSA) is 71.8 Å². The van der Waals surface area contributed by atoms with Gasteiger partial charge < -0.3 is 4.98 Å². The molecule has 0 radical (unpaired) electrons. The Balaban J connectivity index is 1.84. The molecule has 1 N–H and O–H groups in total. The molecule has 0 unspecified atom stereocenters. The first-order chi connectivity index (χ1) is 13.1. The molecule has 0 atom stereocenters. The molecule has 4 aromatic rings. The summed E-state index contributed by atoms with van der Waals surface area (Å²) < 4.78 is 0. The minimum Gasteiger partial charge on any atom is -0.337 e. The molecule has 0 aliphatic heterocycles. The molecule has 1 aromatic heterocycles. The van der Waals surface area contributed by atoms with Crippen LogP contribution in [0, 0.1) is 10.1 Å². The molecule has 3 aromatic carbocycles. The van der Waals surface area contributed by atoms with Crippen LogP contribution in [0.25, 0.3) is 33.9 Å². The van der Waals surface area contributed by atoms with E-state index in [4.69, 9.17) is 16.6 Å². The third kappa shape index (κ3) is 3.45. The summed E-state index contributed by atoms with van der Waals surface area (Å²) in [7, 11) is 0. The first kappa shape index (κ1) is 17.0. The normalized spacial score (nSPS) is 10.7. The minimum atomic E-state index is -0.416. The van der Waals surface area contributed by atoms with Crippen LogP contribution >= 0.6 is 11.6 Å². The van der Waals surface area contributed by atoms with Crippen LogP contribution in [0.4, 0.5) is 5.69 Å². The van der Waals surface area contributed by atoms with Gasteiger partial charge in [-0.05, 0) is 24.3 Å². The maximum atomic E-state index is 10.9. The number of non-ortho nitro benzene ring substituents is 1. The number of hydrogen-bond donors (Lipinski definition) is 1. The monoisotopic (exact) mass is 375 g/mol. The number of rotatable bonds is 4. The third-order valence-corrected chi connectivity index (χ3v) is 4.49. The zero-order valence-corrected chi connectivity index (χ0v) is 14.9. The molecule has 0 aliphatic rings. The molecule has 0 amide bonds. The first-order valence-corrected chi connectivity index (χ1v) is 8.66. The lowest BCUT2D eigenvalue weighted by atomic mass is 10.1. The van der Waals surface area contributed by atoms with E-state index in [1.807, 2.05) is 54.6 Å². The van der Waals surface area contributed by atoms with Crippen molar-refractivity contribution in [1.82, 2.24) is 9.97 Å². The average Bonchev–Trinajstić information content (AvgIpc) is 3.15. The number of halogens is 1. The van der Waals surface area contributed by atoms with Gasteiger partial charge in [-0.15, -0.1) is 0 Å². The van der Waals surface area contributed by atoms with E-state index >= 15 is 0 Å². The van der Waals surface area contributed by atoms with Gasteiger partial charge in [-0.2, -0.15) is 0 Å². The van der Waals surface area contributed by atoms with Crippen LogP contribution in [0.5, 0.6) is 0 Å². The van der Waals surface area contributed by atoms with Gasteiger partial charge in [0.15, 0.2) is 0 Å². The van der Waals surface area contributed by atoms with Crippen LogP contribution in [0.2, 0.25) is 5.02 Å². The highest BCUT2D eigenvalue weighted by molar-refractivity contribution is 6.30. The lowest BCUT2D eigenvalue weighted by molar-refractivity contribution is -0.384. The van der Waals surface area contributed by atoms with Gasteiger partial charge in [-0.1, -0.05) is 54.1 Å². The fourth-order valence-corrected chi connectivity index (χ4v) is 3.01. The average molecular weight is 376 g/mol. The Hall–Kier alpha value is -3.44. The van der Waals surface area contributed by atoms with Gasteiger partial charge in [0.05, 0.1) is 16.3 Å². The third-order valence-electron chi connectivity index (χ3n) is 4.24. The molecule has 0 fully saturated rings. The van der Waals surface area contributed by atoms with Gasteiger partial charge in [0.2, 0.25) is 0 Å². The molecule has 0 saturated heterocycles. The predicted octanol–water partition coefficient (Wildman–Crippen LogP) is 5.97. The Bertz CT molecular complexity index is 1090. The van der Waals surface area contributed by atoms with Crippen molar-refractivity contribution in [3.8, 4) is 33.9 Å².